The number of nitrogens with one attached hydrogen (secondary N) is 2. The van der Waals surface area contributed by atoms with Crippen LogP contribution < -0.4 is 10.6 Å². The van der Waals surface area contributed by atoms with Gasteiger partial charge in [0.05, 0.1) is 18.8 Å². The Labute approximate surface area is 177 Å². The Bertz CT molecular complexity index is 889. The fourth-order valence-electron chi connectivity index (χ4n) is 2.70. The van der Waals surface area contributed by atoms with Crippen molar-refractivity contribution in [3.63, 3.8) is 0 Å². The van der Waals surface area contributed by atoms with Crippen LogP contribution in [-0.4, -0.2) is 17.7 Å². The van der Waals surface area contributed by atoms with Crippen LogP contribution in [0, 0.1) is 0 Å². The minimum absolute atomic E-state index is 0. The van der Waals surface area contributed by atoms with Crippen molar-refractivity contribution in [3.8, 4) is 0 Å². The molecule has 0 saturated heterocycles. The number of fused-ring (bicyclic) bond motifs is 1. The molecule has 1 aromatic heterocycles. The number of aliphatic imine (C=N–C) groups is 1. The maximum Gasteiger partial charge on any atom is 0.191 e. The van der Waals surface area contributed by atoms with Gasteiger partial charge in [-0.25, -0.2) is 4.99 Å². The third-order valence-electron chi connectivity index (χ3n) is 4.18. The largest absolute Gasteiger partial charge is 0.359 e. The molecule has 2 N–H and O–H groups in total. The van der Waals surface area contributed by atoms with Gasteiger partial charge >= 0.3 is 0 Å². The van der Waals surface area contributed by atoms with E-state index in [4.69, 9.17) is 4.52 Å². The van der Waals surface area contributed by atoms with E-state index in [0.717, 1.165) is 24.0 Å². The highest BCUT2D eigenvalue weighted by Crippen LogP contribution is 2.16. The lowest BCUT2D eigenvalue weighted by Gasteiger charge is -2.10. The van der Waals surface area contributed by atoms with E-state index in [1.807, 2.05) is 6.07 Å². The van der Waals surface area contributed by atoms with Crippen molar-refractivity contribution in [2.24, 2.45) is 4.99 Å². The van der Waals surface area contributed by atoms with E-state index in [9.17, 15) is 0 Å². The van der Waals surface area contributed by atoms with Crippen LogP contribution in [0.1, 0.15) is 43.7 Å². The summed E-state index contributed by atoms with van der Waals surface area (Å²) in [7, 11) is 0. The van der Waals surface area contributed by atoms with Crippen molar-refractivity contribution in [2.75, 3.05) is 6.54 Å². The monoisotopic (exact) mass is 478 g/mol. The Hall–Kier alpha value is -2.09. The van der Waals surface area contributed by atoms with Crippen molar-refractivity contribution in [2.45, 2.75) is 39.8 Å². The van der Waals surface area contributed by atoms with Gasteiger partial charge in [0.1, 0.15) is 0 Å². The summed E-state index contributed by atoms with van der Waals surface area (Å²) in [5.74, 6) is 1.94. The number of nitrogens with zero attached hydrogens (tertiary/aromatic N) is 2. The van der Waals surface area contributed by atoms with Crippen molar-refractivity contribution in [1.29, 1.82) is 0 Å². The van der Waals surface area contributed by atoms with Gasteiger partial charge in [0.25, 0.3) is 0 Å². The second-order valence-corrected chi connectivity index (χ2v) is 6.60. The first-order chi connectivity index (χ1) is 12.7. The fourth-order valence-corrected chi connectivity index (χ4v) is 2.70. The maximum atomic E-state index is 5.37. The molecular formula is C21H27IN4O. The van der Waals surface area contributed by atoms with E-state index in [-0.39, 0.29) is 24.0 Å². The van der Waals surface area contributed by atoms with E-state index >= 15 is 0 Å². The highest BCUT2D eigenvalue weighted by atomic mass is 127. The summed E-state index contributed by atoms with van der Waals surface area (Å²) >= 11 is 0. The molecule has 0 fully saturated rings. The van der Waals surface area contributed by atoms with Crippen LogP contribution in [0.3, 0.4) is 0 Å². The smallest absolute Gasteiger partial charge is 0.191 e. The summed E-state index contributed by atoms with van der Waals surface area (Å²) in [5.41, 5.74) is 2.16. The molecule has 0 amide bonds. The number of hydrogen-bond acceptors (Lipinski definition) is 3. The Morgan fingerprint density at radius 1 is 1.07 bits per heavy atom. The fraction of sp³-hybridized carbons (Fsp3) is 0.333. The summed E-state index contributed by atoms with van der Waals surface area (Å²) in [4.78, 5) is 4.68. The van der Waals surface area contributed by atoms with Crippen molar-refractivity contribution in [1.82, 2.24) is 15.8 Å². The molecule has 3 rings (SSSR count). The second-order valence-electron chi connectivity index (χ2n) is 6.60. The lowest BCUT2D eigenvalue weighted by Crippen LogP contribution is -2.36. The zero-order chi connectivity index (χ0) is 18.4. The average Bonchev–Trinajstić information content (AvgIpc) is 3.13. The van der Waals surface area contributed by atoms with Crippen LogP contribution >= 0.6 is 24.0 Å². The van der Waals surface area contributed by atoms with Gasteiger partial charge in [0.2, 0.25) is 0 Å². The lowest BCUT2D eigenvalue weighted by molar-refractivity contribution is 0.372. The highest BCUT2D eigenvalue weighted by molar-refractivity contribution is 14.0. The topological polar surface area (TPSA) is 62.5 Å². The minimum atomic E-state index is 0. The average molecular weight is 478 g/mol. The molecule has 0 bridgehead atoms. The molecular weight excluding hydrogens is 451 g/mol. The molecule has 6 heteroatoms. The zero-order valence-corrected chi connectivity index (χ0v) is 18.4. The van der Waals surface area contributed by atoms with Crippen LogP contribution in [0.5, 0.6) is 0 Å². The molecule has 0 unspecified atom stereocenters. The molecule has 1 heterocycles. The second kappa shape index (κ2) is 10.3. The summed E-state index contributed by atoms with van der Waals surface area (Å²) in [5, 5.41) is 13.1. The summed E-state index contributed by atoms with van der Waals surface area (Å²) in [6, 6.07) is 16.8. The number of guanidine groups is 1. The predicted octanol–water partition coefficient (Wildman–Crippen LogP) is 4.82. The van der Waals surface area contributed by atoms with Crippen LogP contribution in [0.4, 0.5) is 0 Å². The third-order valence-corrected chi connectivity index (χ3v) is 4.18. The minimum Gasteiger partial charge on any atom is -0.359 e. The van der Waals surface area contributed by atoms with Crippen LogP contribution in [0.15, 0.2) is 58.0 Å². The summed E-state index contributed by atoms with van der Waals surface area (Å²) < 4.78 is 5.37. The first kappa shape index (κ1) is 21.2. The normalized spacial score (nSPS) is 11.5. The van der Waals surface area contributed by atoms with Gasteiger partial charge in [0.15, 0.2) is 11.7 Å². The lowest BCUT2D eigenvalue weighted by atomic mass is 10.1. The Morgan fingerprint density at radius 3 is 2.56 bits per heavy atom. The van der Waals surface area contributed by atoms with Crippen LogP contribution in [-0.2, 0) is 13.1 Å². The molecule has 0 aliphatic heterocycles. The number of benzene rings is 2. The SMILES string of the molecule is CCNC(=NCc1ccc2ccccc2c1)NCc1cc(C(C)C)no1.I. The Balaban J connectivity index is 0.00000261. The Kier molecular flexibility index (Phi) is 8.09. The van der Waals surface area contributed by atoms with Gasteiger partial charge in [-0.1, -0.05) is 55.4 Å². The van der Waals surface area contributed by atoms with Crippen molar-refractivity contribution in [3.05, 3.63) is 65.5 Å². The zero-order valence-electron chi connectivity index (χ0n) is 16.0. The molecule has 0 aliphatic carbocycles. The first-order valence-electron chi connectivity index (χ1n) is 9.11. The molecule has 2 aromatic carbocycles. The Morgan fingerprint density at radius 2 is 1.85 bits per heavy atom. The van der Waals surface area contributed by atoms with Gasteiger partial charge < -0.3 is 15.2 Å². The molecule has 0 saturated carbocycles. The molecule has 144 valence electrons. The first-order valence-corrected chi connectivity index (χ1v) is 9.11. The molecule has 0 radical (unpaired) electrons. The van der Waals surface area contributed by atoms with Crippen molar-refractivity contribution >= 4 is 40.7 Å². The molecule has 0 atom stereocenters. The third kappa shape index (κ3) is 5.95. The van der Waals surface area contributed by atoms with E-state index in [2.05, 4.69) is 84.0 Å². The highest BCUT2D eigenvalue weighted by Gasteiger charge is 2.08. The van der Waals surface area contributed by atoms with Crippen molar-refractivity contribution < 1.29 is 4.52 Å². The molecule has 3 aromatic rings. The quantitative estimate of drug-likeness (QED) is 0.303. The van der Waals surface area contributed by atoms with Gasteiger partial charge in [-0.05, 0) is 35.2 Å². The van der Waals surface area contributed by atoms with E-state index < -0.39 is 0 Å². The molecule has 5 nitrogen and oxygen atoms in total. The predicted molar refractivity (Wildman–Crippen MR) is 122 cm³/mol. The number of hydrogen-bond donors (Lipinski definition) is 2. The van der Waals surface area contributed by atoms with Gasteiger partial charge in [-0.15, -0.1) is 24.0 Å². The standard InChI is InChI=1S/C21H26N4O.HI/c1-4-22-21(24-14-19-12-20(15(2)3)25-26-19)23-13-16-9-10-17-7-5-6-8-18(17)11-16;/h5-12,15H,4,13-14H2,1-3H3,(H2,22,23,24);1H. The van der Waals surface area contributed by atoms with Gasteiger partial charge in [-0.2, -0.15) is 0 Å². The molecule has 0 spiro atoms. The number of rotatable bonds is 6. The summed E-state index contributed by atoms with van der Waals surface area (Å²) in [6.07, 6.45) is 0. The molecule has 27 heavy (non-hydrogen) atoms. The van der Waals surface area contributed by atoms with Gasteiger partial charge in [0, 0.05) is 12.6 Å². The number of aromatic nitrogens is 1. The van der Waals surface area contributed by atoms with E-state index in [1.54, 1.807) is 0 Å². The van der Waals surface area contributed by atoms with Crippen LogP contribution in [0.2, 0.25) is 0 Å². The van der Waals surface area contributed by atoms with E-state index in [1.165, 1.54) is 16.3 Å². The van der Waals surface area contributed by atoms with Crippen LogP contribution in [0.25, 0.3) is 10.8 Å². The maximum absolute atomic E-state index is 5.37. The van der Waals surface area contributed by atoms with Gasteiger partial charge in [-0.3, -0.25) is 0 Å². The molecule has 0 aliphatic rings. The van der Waals surface area contributed by atoms with E-state index in [0.29, 0.717) is 19.0 Å². The number of halogens is 1. The summed E-state index contributed by atoms with van der Waals surface area (Å²) in [6.45, 7) is 8.24.